The van der Waals surface area contributed by atoms with Gasteiger partial charge in [-0.05, 0) is 24.7 Å². The molecule has 0 spiro atoms. The van der Waals surface area contributed by atoms with Crippen LogP contribution in [-0.4, -0.2) is 28.7 Å². The Balaban J connectivity index is 3.07. The molecule has 0 heterocycles. The molecule has 0 radical (unpaired) electrons. The summed E-state index contributed by atoms with van der Waals surface area (Å²) in [5.41, 5.74) is 0.634. The fraction of sp³-hybridized carbons (Fsp3) is 0.400. The maximum atomic E-state index is 13.4. The summed E-state index contributed by atoms with van der Waals surface area (Å²) in [6.07, 6.45) is 0. The van der Waals surface area contributed by atoms with E-state index in [1.54, 1.807) is 7.05 Å². The summed E-state index contributed by atoms with van der Waals surface area (Å²) >= 11 is 0. The third-order valence-electron chi connectivity index (χ3n) is 2.05. The molecule has 0 aliphatic heterocycles. The molecule has 1 rings (SSSR count). The third-order valence-corrected chi connectivity index (χ3v) is 3.53. The van der Waals surface area contributed by atoms with Crippen LogP contribution >= 0.6 is 0 Å². The standard InChI is InChI=1S/C10H14F2N2O2S/c1-13-7-8-2-3-9(12)10(6-8)17(15,16)14-5-4-11/h2-3,6,13-14H,4-5,7H2,1H3. The molecule has 1 aromatic carbocycles. The molecule has 0 saturated heterocycles. The zero-order valence-electron chi connectivity index (χ0n) is 9.33. The predicted molar refractivity (Wildman–Crippen MR) is 60.3 cm³/mol. The molecular weight excluding hydrogens is 250 g/mol. The maximum Gasteiger partial charge on any atom is 0.243 e. The van der Waals surface area contributed by atoms with E-state index >= 15 is 0 Å². The minimum absolute atomic E-state index is 0.363. The summed E-state index contributed by atoms with van der Waals surface area (Å²) in [6.45, 7) is -0.777. The smallest absolute Gasteiger partial charge is 0.243 e. The number of nitrogens with one attached hydrogen (secondary N) is 2. The number of halogens is 2. The highest BCUT2D eigenvalue weighted by Gasteiger charge is 2.18. The number of benzene rings is 1. The summed E-state index contributed by atoms with van der Waals surface area (Å²) in [6, 6.07) is 3.79. The minimum Gasteiger partial charge on any atom is -0.316 e. The lowest BCUT2D eigenvalue weighted by Crippen LogP contribution is -2.26. The van der Waals surface area contributed by atoms with E-state index in [4.69, 9.17) is 0 Å². The van der Waals surface area contributed by atoms with Gasteiger partial charge in [-0.1, -0.05) is 6.07 Å². The highest BCUT2D eigenvalue weighted by atomic mass is 32.2. The summed E-state index contributed by atoms with van der Waals surface area (Å²) in [7, 11) is -2.29. The van der Waals surface area contributed by atoms with E-state index in [1.165, 1.54) is 12.1 Å². The van der Waals surface area contributed by atoms with Gasteiger partial charge in [0.25, 0.3) is 0 Å². The van der Waals surface area contributed by atoms with Crippen LogP contribution < -0.4 is 10.0 Å². The first-order valence-electron chi connectivity index (χ1n) is 5.00. The van der Waals surface area contributed by atoms with Gasteiger partial charge in [-0.15, -0.1) is 0 Å². The molecule has 0 atom stereocenters. The Labute approximate surface area is 99.1 Å². The molecule has 0 aliphatic carbocycles. The van der Waals surface area contributed by atoms with Crippen molar-refractivity contribution in [3.63, 3.8) is 0 Å². The van der Waals surface area contributed by atoms with Crippen molar-refractivity contribution in [1.29, 1.82) is 0 Å². The average Bonchev–Trinajstić information content (AvgIpc) is 2.29. The second-order valence-electron chi connectivity index (χ2n) is 3.38. The van der Waals surface area contributed by atoms with Gasteiger partial charge >= 0.3 is 0 Å². The highest BCUT2D eigenvalue weighted by molar-refractivity contribution is 7.89. The van der Waals surface area contributed by atoms with Crippen LogP contribution in [-0.2, 0) is 16.6 Å². The fourth-order valence-electron chi connectivity index (χ4n) is 1.32. The number of alkyl halides is 1. The van der Waals surface area contributed by atoms with Crippen molar-refractivity contribution in [2.24, 2.45) is 0 Å². The van der Waals surface area contributed by atoms with Gasteiger partial charge in [0.2, 0.25) is 10.0 Å². The maximum absolute atomic E-state index is 13.4. The van der Waals surface area contributed by atoms with Crippen LogP contribution in [0.1, 0.15) is 5.56 Å². The second-order valence-corrected chi connectivity index (χ2v) is 5.12. The van der Waals surface area contributed by atoms with E-state index in [0.717, 1.165) is 6.07 Å². The van der Waals surface area contributed by atoms with E-state index in [9.17, 15) is 17.2 Å². The van der Waals surface area contributed by atoms with E-state index < -0.39 is 27.4 Å². The monoisotopic (exact) mass is 264 g/mol. The summed E-state index contributed by atoms with van der Waals surface area (Å²) in [5.74, 6) is -0.851. The lowest BCUT2D eigenvalue weighted by atomic mass is 10.2. The Morgan fingerprint density at radius 3 is 2.65 bits per heavy atom. The largest absolute Gasteiger partial charge is 0.316 e. The van der Waals surface area contributed by atoms with Crippen LogP contribution in [0.25, 0.3) is 0 Å². The summed E-state index contributed by atoms with van der Waals surface area (Å²) < 4.78 is 50.5. The zero-order valence-corrected chi connectivity index (χ0v) is 10.2. The first kappa shape index (κ1) is 14.0. The van der Waals surface area contributed by atoms with Gasteiger partial charge in [0.05, 0.1) is 0 Å². The van der Waals surface area contributed by atoms with Gasteiger partial charge in [0.1, 0.15) is 17.4 Å². The van der Waals surface area contributed by atoms with Crippen molar-refractivity contribution in [2.45, 2.75) is 11.4 Å². The molecule has 0 amide bonds. The Morgan fingerprint density at radius 1 is 1.35 bits per heavy atom. The molecule has 7 heteroatoms. The molecule has 96 valence electrons. The van der Waals surface area contributed by atoms with E-state index in [0.29, 0.717) is 12.1 Å². The summed E-state index contributed by atoms with van der Waals surface area (Å²) in [5, 5.41) is 2.83. The van der Waals surface area contributed by atoms with Crippen LogP contribution in [0, 0.1) is 5.82 Å². The normalized spacial score (nSPS) is 11.7. The van der Waals surface area contributed by atoms with Crippen LogP contribution in [0.3, 0.4) is 0 Å². The number of rotatable bonds is 6. The minimum atomic E-state index is -3.99. The van der Waals surface area contributed by atoms with Gasteiger partial charge in [0, 0.05) is 13.1 Å². The molecule has 0 unspecified atom stereocenters. The van der Waals surface area contributed by atoms with Crippen molar-refractivity contribution in [1.82, 2.24) is 10.0 Å². The molecule has 4 nitrogen and oxygen atoms in total. The Bertz CT molecular complexity index is 477. The molecule has 0 aromatic heterocycles. The number of hydrogen-bond acceptors (Lipinski definition) is 3. The van der Waals surface area contributed by atoms with Crippen LogP contribution in [0.15, 0.2) is 23.1 Å². The lowest BCUT2D eigenvalue weighted by molar-refractivity contribution is 0.485. The van der Waals surface area contributed by atoms with Crippen LogP contribution in [0.5, 0.6) is 0 Å². The first-order valence-corrected chi connectivity index (χ1v) is 6.48. The second kappa shape index (κ2) is 6.04. The number of sulfonamides is 1. The van der Waals surface area contributed by atoms with Crippen molar-refractivity contribution in [3.05, 3.63) is 29.6 Å². The average molecular weight is 264 g/mol. The van der Waals surface area contributed by atoms with Crippen molar-refractivity contribution in [3.8, 4) is 0 Å². The van der Waals surface area contributed by atoms with Gasteiger partial charge in [-0.2, -0.15) is 0 Å². The quantitative estimate of drug-likeness (QED) is 0.799. The Hall–Kier alpha value is -1.05. The van der Waals surface area contributed by atoms with E-state index in [-0.39, 0.29) is 6.54 Å². The van der Waals surface area contributed by atoms with Crippen molar-refractivity contribution < 1.29 is 17.2 Å². The Morgan fingerprint density at radius 2 is 2.06 bits per heavy atom. The molecular formula is C10H14F2N2O2S. The Kier molecular flexibility index (Phi) is 4.98. The van der Waals surface area contributed by atoms with E-state index in [1.807, 2.05) is 4.72 Å². The highest BCUT2D eigenvalue weighted by Crippen LogP contribution is 2.16. The first-order chi connectivity index (χ1) is 8.01. The lowest BCUT2D eigenvalue weighted by Gasteiger charge is -2.08. The van der Waals surface area contributed by atoms with Crippen molar-refractivity contribution >= 4 is 10.0 Å². The van der Waals surface area contributed by atoms with Crippen LogP contribution in [0.2, 0.25) is 0 Å². The molecule has 0 bridgehead atoms. The zero-order chi connectivity index (χ0) is 12.9. The third kappa shape index (κ3) is 3.72. The molecule has 0 fully saturated rings. The van der Waals surface area contributed by atoms with E-state index in [2.05, 4.69) is 5.32 Å². The molecule has 0 aliphatic rings. The van der Waals surface area contributed by atoms with Gasteiger partial charge in [-0.25, -0.2) is 21.9 Å². The van der Waals surface area contributed by atoms with Gasteiger partial charge < -0.3 is 5.32 Å². The topological polar surface area (TPSA) is 58.2 Å². The molecule has 0 saturated carbocycles. The van der Waals surface area contributed by atoms with Gasteiger partial charge in [0.15, 0.2) is 0 Å². The van der Waals surface area contributed by atoms with Gasteiger partial charge in [-0.3, -0.25) is 0 Å². The molecule has 17 heavy (non-hydrogen) atoms. The SMILES string of the molecule is CNCc1ccc(F)c(S(=O)(=O)NCCF)c1. The van der Waals surface area contributed by atoms with Crippen LogP contribution in [0.4, 0.5) is 8.78 Å². The van der Waals surface area contributed by atoms with Crippen molar-refractivity contribution in [2.75, 3.05) is 20.3 Å². The summed E-state index contributed by atoms with van der Waals surface area (Å²) in [4.78, 5) is -0.460. The number of hydrogen-bond donors (Lipinski definition) is 2. The molecule has 2 N–H and O–H groups in total. The molecule has 1 aromatic rings. The fourth-order valence-corrected chi connectivity index (χ4v) is 2.45. The predicted octanol–water partition coefficient (Wildman–Crippen LogP) is 0.793.